The van der Waals surface area contributed by atoms with Crippen molar-refractivity contribution < 1.29 is 4.74 Å². The average Bonchev–Trinajstić information content (AvgIpc) is 2.50. The van der Waals surface area contributed by atoms with Crippen LogP contribution in [0.25, 0.3) is 0 Å². The molecule has 0 unspecified atom stereocenters. The lowest BCUT2D eigenvalue weighted by molar-refractivity contribution is 0.158. The Morgan fingerprint density at radius 1 is 1.73 bits per heavy atom. The normalized spacial score (nSPS) is 9.91. The molecule has 62 valence electrons. The van der Waals surface area contributed by atoms with Gasteiger partial charge in [-0.3, -0.25) is 0 Å². The summed E-state index contributed by atoms with van der Waals surface area (Å²) in [6.45, 7) is 4.35. The summed E-state index contributed by atoms with van der Waals surface area (Å²) in [6, 6.07) is 0. The molecule has 1 N–H and O–H groups in total. The first-order valence-corrected chi connectivity index (χ1v) is 4.52. The Morgan fingerprint density at radius 3 is 3.27 bits per heavy atom. The molecular formula is C7H12N2OS. The molecule has 0 aliphatic heterocycles. The van der Waals surface area contributed by atoms with E-state index < -0.39 is 0 Å². The highest BCUT2D eigenvalue weighted by Crippen LogP contribution is 2.08. The zero-order valence-corrected chi connectivity index (χ0v) is 7.36. The number of nitrogens with zero attached hydrogens (tertiary/aromatic N) is 1. The van der Waals surface area contributed by atoms with Gasteiger partial charge < -0.3 is 10.1 Å². The van der Waals surface area contributed by atoms with Crippen molar-refractivity contribution in [3.63, 3.8) is 0 Å². The fourth-order valence-electron chi connectivity index (χ4n) is 0.685. The van der Waals surface area contributed by atoms with Gasteiger partial charge in [-0.15, -0.1) is 11.3 Å². The average molecular weight is 172 g/mol. The van der Waals surface area contributed by atoms with Gasteiger partial charge in [0.2, 0.25) is 0 Å². The molecule has 3 nitrogen and oxygen atoms in total. The number of anilines is 1. The van der Waals surface area contributed by atoms with Crippen LogP contribution in [-0.2, 0) is 4.74 Å². The van der Waals surface area contributed by atoms with Crippen LogP contribution in [-0.4, -0.2) is 24.7 Å². The lowest BCUT2D eigenvalue weighted by Gasteiger charge is -2.01. The largest absolute Gasteiger partial charge is 0.380 e. The number of nitrogens with one attached hydrogen (secondary N) is 1. The predicted octanol–water partition coefficient (Wildman–Crippen LogP) is 1.59. The van der Waals surface area contributed by atoms with Gasteiger partial charge in [-0.05, 0) is 6.92 Å². The molecule has 0 atom stereocenters. The van der Waals surface area contributed by atoms with Crippen LogP contribution in [0.5, 0.6) is 0 Å². The van der Waals surface area contributed by atoms with Crippen LogP contribution in [0.4, 0.5) is 5.13 Å². The van der Waals surface area contributed by atoms with E-state index in [0.29, 0.717) is 0 Å². The maximum atomic E-state index is 5.15. The van der Waals surface area contributed by atoms with Gasteiger partial charge in [0.05, 0.1) is 6.61 Å². The Bertz CT molecular complexity index is 177. The van der Waals surface area contributed by atoms with E-state index in [9.17, 15) is 0 Å². The molecule has 0 amide bonds. The minimum atomic E-state index is 0.746. The van der Waals surface area contributed by atoms with E-state index in [2.05, 4.69) is 10.3 Å². The Hall–Kier alpha value is -0.610. The summed E-state index contributed by atoms with van der Waals surface area (Å²) in [5.41, 5.74) is 0. The highest BCUT2D eigenvalue weighted by molar-refractivity contribution is 7.13. The molecular weight excluding hydrogens is 160 g/mol. The Labute approximate surface area is 70.4 Å². The number of ether oxygens (including phenoxy) is 1. The van der Waals surface area contributed by atoms with Gasteiger partial charge >= 0.3 is 0 Å². The van der Waals surface area contributed by atoms with E-state index in [1.807, 2.05) is 12.3 Å². The van der Waals surface area contributed by atoms with Crippen molar-refractivity contribution in [2.75, 3.05) is 25.1 Å². The number of aromatic nitrogens is 1. The van der Waals surface area contributed by atoms with Gasteiger partial charge in [0.1, 0.15) is 0 Å². The third kappa shape index (κ3) is 3.34. The minimum Gasteiger partial charge on any atom is -0.380 e. The molecule has 0 fully saturated rings. The molecule has 1 rings (SSSR count). The summed E-state index contributed by atoms with van der Waals surface area (Å²) >= 11 is 1.60. The summed E-state index contributed by atoms with van der Waals surface area (Å²) in [5, 5.41) is 6.05. The molecule has 1 aromatic heterocycles. The molecule has 0 spiro atoms. The smallest absolute Gasteiger partial charge is 0.182 e. The molecule has 0 aromatic carbocycles. The number of thiazole rings is 1. The summed E-state index contributed by atoms with van der Waals surface area (Å²) in [5.74, 6) is 0. The Kier molecular flexibility index (Phi) is 3.93. The van der Waals surface area contributed by atoms with E-state index in [1.165, 1.54) is 0 Å². The molecule has 0 aliphatic carbocycles. The summed E-state index contributed by atoms with van der Waals surface area (Å²) < 4.78 is 5.15. The third-order valence-electron chi connectivity index (χ3n) is 1.16. The fourth-order valence-corrected chi connectivity index (χ4v) is 1.24. The van der Waals surface area contributed by atoms with Crippen LogP contribution in [0.3, 0.4) is 0 Å². The van der Waals surface area contributed by atoms with Gasteiger partial charge in [-0.25, -0.2) is 4.98 Å². The standard InChI is InChI=1S/C7H12N2OS/c1-2-10-5-3-8-7-9-4-6-11-7/h4,6H,2-3,5H2,1H3,(H,8,9). The summed E-state index contributed by atoms with van der Waals surface area (Å²) in [7, 11) is 0. The van der Waals surface area contributed by atoms with Crippen molar-refractivity contribution in [3.8, 4) is 0 Å². The SMILES string of the molecule is CCOCCNc1nccs1. The van der Waals surface area contributed by atoms with Gasteiger partial charge in [0.15, 0.2) is 5.13 Å². The zero-order chi connectivity index (χ0) is 7.94. The fraction of sp³-hybridized carbons (Fsp3) is 0.571. The van der Waals surface area contributed by atoms with Crippen LogP contribution in [0.15, 0.2) is 11.6 Å². The highest BCUT2D eigenvalue weighted by atomic mass is 32.1. The van der Waals surface area contributed by atoms with Gasteiger partial charge in [0, 0.05) is 24.7 Å². The second-order valence-corrected chi connectivity index (χ2v) is 2.86. The number of hydrogen-bond acceptors (Lipinski definition) is 4. The highest BCUT2D eigenvalue weighted by Gasteiger charge is 1.91. The Morgan fingerprint density at radius 2 is 2.64 bits per heavy atom. The lowest BCUT2D eigenvalue weighted by atomic mass is 10.7. The second kappa shape index (κ2) is 5.09. The monoisotopic (exact) mass is 172 g/mol. The number of hydrogen-bond donors (Lipinski definition) is 1. The molecule has 0 saturated heterocycles. The van der Waals surface area contributed by atoms with Crippen LogP contribution < -0.4 is 5.32 Å². The first-order valence-electron chi connectivity index (χ1n) is 3.64. The maximum absolute atomic E-state index is 5.15. The summed E-state index contributed by atoms with van der Waals surface area (Å²) in [4.78, 5) is 4.07. The van der Waals surface area contributed by atoms with Gasteiger partial charge in [-0.2, -0.15) is 0 Å². The molecule has 0 bridgehead atoms. The van der Waals surface area contributed by atoms with Crippen LogP contribution >= 0.6 is 11.3 Å². The van der Waals surface area contributed by atoms with Crippen LogP contribution in [0, 0.1) is 0 Å². The first kappa shape index (κ1) is 8.49. The summed E-state index contributed by atoms with van der Waals surface area (Å²) in [6.07, 6.45) is 1.79. The van der Waals surface area contributed by atoms with Crippen molar-refractivity contribution in [2.24, 2.45) is 0 Å². The van der Waals surface area contributed by atoms with Crippen LogP contribution in [0.2, 0.25) is 0 Å². The number of rotatable bonds is 5. The van der Waals surface area contributed by atoms with Crippen molar-refractivity contribution in [2.45, 2.75) is 6.92 Å². The van der Waals surface area contributed by atoms with E-state index in [1.54, 1.807) is 17.5 Å². The van der Waals surface area contributed by atoms with E-state index in [0.717, 1.165) is 24.9 Å². The molecule has 1 aromatic rings. The Balaban J connectivity index is 2.04. The first-order chi connectivity index (χ1) is 5.43. The third-order valence-corrected chi connectivity index (χ3v) is 1.89. The molecule has 11 heavy (non-hydrogen) atoms. The van der Waals surface area contributed by atoms with Crippen molar-refractivity contribution in [1.29, 1.82) is 0 Å². The molecule has 1 heterocycles. The van der Waals surface area contributed by atoms with Gasteiger partial charge in [0.25, 0.3) is 0 Å². The zero-order valence-electron chi connectivity index (χ0n) is 6.54. The molecule has 0 radical (unpaired) electrons. The van der Waals surface area contributed by atoms with Crippen LogP contribution in [0.1, 0.15) is 6.92 Å². The van der Waals surface area contributed by atoms with Crippen molar-refractivity contribution in [3.05, 3.63) is 11.6 Å². The van der Waals surface area contributed by atoms with Crippen molar-refractivity contribution >= 4 is 16.5 Å². The quantitative estimate of drug-likeness (QED) is 0.685. The minimum absolute atomic E-state index is 0.746. The van der Waals surface area contributed by atoms with Gasteiger partial charge in [-0.1, -0.05) is 0 Å². The lowest BCUT2D eigenvalue weighted by Crippen LogP contribution is -2.08. The molecule has 0 aliphatic rings. The molecule has 4 heteroatoms. The second-order valence-electron chi connectivity index (χ2n) is 1.96. The van der Waals surface area contributed by atoms with E-state index >= 15 is 0 Å². The van der Waals surface area contributed by atoms with E-state index in [-0.39, 0.29) is 0 Å². The maximum Gasteiger partial charge on any atom is 0.182 e. The topological polar surface area (TPSA) is 34.1 Å². The predicted molar refractivity (Wildman–Crippen MR) is 47.1 cm³/mol. The molecule has 0 saturated carbocycles. The van der Waals surface area contributed by atoms with E-state index in [4.69, 9.17) is 4.74 Å². The van der Waals surface area contributed by atoms with Crippen molar-refractivity contribution in [1.82, 2.24) is 4.98 Å².